The first kappa shape index (κ1) is 10.0. The second-order valence-corrected chi connectivity index (χ2v) is 3.88. The standard InChI is InChI=1S/C9H16O.C2H6/c1-7-2-3-8-4-5-10-9(8)6-7;1-2/h7-9H,2-6H2,1H3;1-2H3. The van der Waals surface area contributed by atoms with Crippen LogP contribution < -0.4 is 0 Å². The van der Waals surface area contributed by atoms with Crippen LogP contribution in [-0.4, -0.2) is 12.7 Å². The molecule has 72 valence electrons. The zero-order chi connectivity index (χ0) is 8.97. The molecular weight excluding hydrogens is 148 g/mol. The van der Waals surface area contributed by atoms with Crippen molar-refractivity contribution in [3.63, 3.8) is 0 Å². The van der Waals surface area contributed by atoms with Gasteiger partial charge in [0.2, 0.25) is 0 Å². The molecule has 3 atom stereocenters. The van der Waals surface area contributed by atoms with E-state index in [4.69, 9.17) is 4.74 Å². The molecule has 1 heterocycles. The SMILES string of the molecule is CC.CC1CCC2CCOC2C1. The van der Waals surface area contributed by atoms with Crippen LogP contribution in [-0.2, 0) is 4.74 Å². The fourth-order valence-corrected chi connectivity index (χ4v) is 2.30. The van der Waals surface area contributed by atoms with Crippen LogP contribution in [0, 0.1) is 11.8 Å². The maximum Gasteiger partial charge on any atom is 0.0606 e. The molecule has 12 heavy (non-hydrogen) atoms. The van der Waals surface area contributed by atoms with Gasteiger partial charge in [-0.2, -0.15) is 0 Å². The van der Waals surface area contributed by atoms with Crippen LogP contribution in [0.15, 0.2) is 0 Å². The number of hydrogen-bond donors (Lipinski definition) is 0. The predicted molar refractivity (Wildman–Crippen MR) is 52.2 cm³/mol. The molecule has 0 bridgehead atoms. The highest BCUT2D eigenvalue weighted by atomic mass is 16.5. The maximum absolute atomic E-state index is 5.63. The van der Waals surface area contributed by atoms with Crippen LogP contribution in [0.1, 0.15) is 46.5 Å². The Labute approximate surface area is 76.5 Å². The van der Waals surface area contributed by atoms with Crippen molar-refractivity contribution in [2.45, 2.75) is 52.6 Å². The van der Waals surface area contributed by atoms with E-state index in [0.29, 0.717) is 6.10 Å². The molecule has 1 saturated heterocycles. The van der Waals surface area contributed by atoms with Gasteiger partial charge in [0.05, 0.1) is 6.10 Å². The van der Waals surface area contributed by atoms with Gasteiger partial charge in [-0.15, -0.1) is 0 Å². The van der Waals surface area contributed by atoms with Gasteiger partial charge in [0, 0.05) is 6.61 Å². The normalized spacial score (nSPS) is 39.8. The third-order valence-electron chi connectivity index (χ3n) is 3.01. The lowest BCUT2D eigenvalue weighted by Crippen LogP contribution is -2.24. The second-order valence-electron chi connectivity index (χ2n) is 3.88. The minimum absolute atomic E-state index is 0.642. The molecule has 0 N–H and O–H groups in total. The lowest BCUT2D eigenvalue weighted by atomic mass is 9.81. The minimum Gasteiger partial charge on any atom is -0.378 e. The molecular formula is C11H22O. The van der Waals surface area contributed by atoms with Crippen LogP contribution in [0.25, 0.3) is 0 Å². The molecule has 2 aliphatic rings. The van der Waals surface area contributed by atoms with E-state index in [-0.39, 0.29) is 0 Å². The van der Waals surface area contributed by atoms with Crippen LogP contribution >= 0.6 is 0 Å². The topological polar surface area (TPSA) is 9.23 Å². The fraction of sp³-hybridized carbons (Fsp3) is 1.00. The molecule has 0 aromatic carbocycles. The molecule has 0 aromatic rings. The highest BCUT2D eigenvalue weighted by Gasteiger charge is 2.32. The third kappa shape index (κ3) is 2.22. The summed E-state index contributed by atoms with van der Waals surface area (Å²) < 4.78 is 5.63. The van der Waals surface area contributed by atoms with Gasteiger partial charge in [-0.05, 0) is 31.1 Å². The van der Waals surface area contributed by atoms with E-state index >= 15 is 0 Å². The van der Waals surface area contributed by atoms with Crippen molar-refractivity contribution >= 4 is 0 Å². The van der Waals surface area contributed by atoms with Crippen LogP contribution in [0.5, 0.6) is 0 Å². The first-order chi connectivity index (χ1) is 5.86. The summed E-state index contributed by atoms with van der Waals surface area (Å²) in [6, 6.07) is 0. The molecule has 0 spiro atoms. The summed E-state index contributed by atoms with van der Waals surface area (Å²) in [5, 5.41) is 0. The zero-order valence-corrected chi connectivity index (χ0v) is 8.68. The molecule has 1 aliphatic heterocycles. The first-order valence-corrected chi connectivity index (χ1v) is 5.48. The van der Waals surface area contributed by atoms with E-state index in [1.807, 2.05) is 13.8 Å². The highest BCUT2D eigenvalue weighted by molar-refractivity contribution is 4.82. The van der Waals surface area contributed by atoms with E-state index in [2.05, 4.69) is 6.92 Å². The van der Waals surface area contributed by atoms with E-state index in [0.717, 1.165) is 18.4 Å². The predicted octanol–water partition coefficient (Wildman–Crippen LogP) is 3.24. The summed E-state index contributed by atoms with van der Waals surface area (Å²) in [4.78, 5) is 0. The molecule has 0 aromatic heterocycles. The Bertz CT molecular complexity index is 122. The van der Waals surface area contributed by atoms with Gasteiger partial charge in [0.1, 0.15) is 0 Å². The van der Waals surface area contributed by atoms with Crippen LogP contribution in [0.2, 0.25) is 0 Å². The second kappa shape index (κ2) is 4.86. The zero-order valence-electron chi connectivity index (χ0n) is 8.68. The Morgan fingerprint density at radius 2 is 1.83 bits per heavy atom. The number of rotatable bonds is 0. The molecule has 1 aliphatic carbocycles. The Hall–Kier alpha value is -0.0400. The van der Waals surface area contributed by atoms with Gasteiger partial charge in [-0.25, -0.2) is 0 Å². The molecule has 2 rings (SSSR count). The lowest BCUT2D eigenvalue weighted by molar-refractivity contribution is 0.0494. The molecule has 0 radical (unpaired) electrons. The summed E-state index contributed by atoms with van der Waals surface area (Å²) >= 11 is 0. The summed E-state index contributed by atoms with van der Waals surface area (Å²) in [7, 11) is 0. The van der Waals surface area contributed by atoms with Gasteiger partial charge in [-0.3, -0.25) is 0 Å². The first-order valence-electron chi connectivity index (χ1n) is 5.48. The van der Waals surface area contributed by atoms with Crippen molar-refractivity contribution < 1.29 is 4.74 Å². The van der Waals surface area contributed by atoms with Crippen LogP contribution in [0.4, 0.5) is 0 Å². The quantitative estimate of drug-likeness (QED) is 0.542. The third-order valence-corrected chi connectivity index (χ3v) is 3.01. The van der Waals surface area contributed by atoms with Crippen molar-refractivity contribution in [2.24, 2.45) is 11.8 Å². The molecule has 0 amide bonds. The summed E-state index contributed by atoms with van der Waals surface area (Å²) in [6.45, 7) is 7.37. The Morgan fingerprint density at radius 1 is 1.08 bits per heavy atom. The van der Waals surface area contributed by atoms with Crippen LogP contribution in [0.3, 0.4) is 0 Å². The largest absolute Gasteiger partial charge is 0.378 e. The summed E-state index contributed by atoms with van der Waals surface area (Å²) in [5.41, 5.74) is 0. The van der Waals surface area contributed by atoms with Crippen molar-refractivity contribution in [1.29, 1.82) is 0 Å². The van der Waals surface area contributed by atoms with E-state index < -0.39 is 0 Å². The maximum atomic E-state index is 5.63. The van der Waals surface area contributed by atoms with E-state index in [1.54, 1.807) is 0 Å². The fourth-order valence-electron chi connectivity index (χ4n) is 2.30. The number of fused-ring (bicyclic) bond motifs is 1. The average Bonchev–Trinajstić information content (AvgIpc) is 2.54. The Morgan fingerprint density at radius 3 is 2.58 bits per heavy atom. The smallest absolute Gasteiger partial charge is 0.0606 e. The van der Waals surface area contributed by atoms with Gasteiger partial charge >= 0.3 is 0 Å². The number of hydrogen-bond acceptors (Lipinski definition) is 1. The summed E-state index contributed by atoms with van der Waals surface area (Å²) in [6.07, 6.45) is 6.15. The average molecular weight is 170 g/mol. The minimum atomic E-state index is 0.642. The highest BCUT2D eigenvalue weighted by Crippen LogP contribution is 2.36. The van der Waals surface area contributed by atoms with E-state index in [1.165, 1.54) is 25.7 Å². The van der Waals surface area contributed by atoms with Gasteiger partial charge < -0.3 is 4.74 Å². The lowest BCUT2D eigenvalue weighted by Gasteiger charge is -2.28. The van der Waals surface area contributed by atoms with Gasteiger partial charge in [0.25, 0.3) is 0 Å². The Balaban J connectivity index is 0.000000336. The van der Waals surface area contributed by atoms with Crippen molar-refractivity contribution in [2.75, 3.05) is 6.61 Å². The van der Waals surface area contributed by atoms with E-state index in [9.17, 15) is 0 Å². The molecule has 1 saturated carbocycles. The molecule has 1 heteroatoms. The van der Waals surface area contributed by atoms with Crippen molar-refractivity contribution in [3.05, 3.63) is 0 Å². The molecule has 1 nitrogen and oxygen atoms in total. The Kier molecular flexibility index (Phi) is 4.07. The molecule has 3 unspecified atom stereocenters. The monoisotopic (exact) mass is 170 g/mol. The van der Waals surface area contributed by atoms with Gasteiger partial charge in [-0.1, -0.05) is 27.2 Å². The molecule has 2 fully saturated rings. The van der Waals surface area contributed by atoms with Crippen molar-refractivity contribution in [1.82, 2.24) is 0 Å². The number of ether oxygens (including phenoxy) is 1. The van der Waals surface area contributed by atoms with Gasteiger partial charge in [0.15, 0.2) is 0 Å². The van der Waals surface area contributed by atoms with Crippen molar-refractivity contribution in [3.8, 4) is 0 Å². The summed E-state index contributed by atoms with van der Waals surface area (Å²) in [5.74, 6) is 1.84.